The first-order valence-electron chi connectivity index (χ1n) is 4.73. The van der Waals surface area contributed by atoms with E-state index in [0.29, 0.717) is 0 Å². The lowest BCUT2D eigenvalue weighted by molar-refractivity contribution is 0.0594. The van der Waals surface area contributed by atoms with Crippen LogP contribution in [-0.4, -0.2) is 13.1 Å². The zero-order valence-corrected chi connectivity index (χ0v) is 9.86. The van der Waals surface area contributed by atoms with Crippen molar-refractivity contribution in [3.63, 3.8) is 0 Å². The van der Waals surface area contributed by atoms with Crippen LogP contribution >= 0.6 is 15.9 Å². The van der Waals surface area contributed by atoms with Crippen LogP contribution in [0.5, 0.6) is 0 Å². The van der Waals surface area contributed by atoms with E-state index in [-0.39, 0.29) is 5.56 Å². The quantitative estimate of drug-likeness (QED) is 0.735. The van der Waals surface area contributed by atoms with E-state index in [9.17, 15) is 9.18 Å². The van der Waals surface area contributed by atoms with E-state index >= 15 is 0 Å². The summed E-state index contributed by atoms with van der Waals surface area (Å²) in [5.74, 6) is -1.09. The molecular formula is C11H10BrFO2. The summed E-state index contributed by atoms with van der Waals surface area (Å²) in [7, 11) is 1.27. The van der Waals surface area contributed by atoms with Crippen LogP contribution in [0.25, 0.3) is 0 Å². The molecule has 0 bridgehead atoms. The molecule has 1 aliphatic rings. The maximum absolute atomic E-state index is 13.6. The SMILES string of the molecule is COC(=O)c1c(F)cc(Br)c2c1CCC2. The molecule has 4 heteroatoms. The Labute approximate surface area is 95.6 Å². The van der Waals surface area contributed by atoms with Gasteiger partial charge in [-0.05, 0) is 36.5 Å². The molecule has 0 heterocycles. The summed E-state index contributed by atoms with van der Waals surface area (Å²) in [6.07, 6.45) is 2.59. The van der Waals surface area contributed by atoms with Crippen LogP contribution in [0.2, 0.25) is 0 Å². The van der Waals surface area contributed by atoms with Crippen molar-refractivity contribution in [3.05, 3.63) is 33.0 Å². The third-order valence-corrected chi connectivity index (χ3v) is 3.40. The summed E-state index contributed by atoms with van der Waals surface area (Å²) in [6, 6.07) is 1.34. The van der Waals surface area contributed by atoms with Gasteiger partial charge in [0.15, 0.2) is 0 Å². The Morgan fingerprint density at radius 3 is 2.80 bits per heavy atom. The molecule has 0 fully saturated rings. The van der Waals surface area contributed by atoms with Crippen LogP contribution in [0, 0.1) is 5.82 Å². The molecule has 0 aliphatic heterocycles. The van der Waals surface area contributed by atoms with Crippen molar-refractivity contribution in [2.24, 2.45) is 0 Å². The van der Waals surface area contributed by atoms with Crippen LogP contribution in [0.1, 0.15) is 27.9 Å². The van der Waals surface area contributed by atoms with Gasteiger partial charge in [0.1, 0.15) is 5.82 Å². The van der Waals surface area contributed by atoms with Gasteiger partial charge in [-0.1, -0.05) is 15.9 Å². The van der Waals surface area contributed by atoms with E-state index in [2.05, 4.69) is 20.7 Å². The molecule has 0 atom stereocenters. The third kappa shape index (κ3) is 1.67. The van der Waals surface area contributed by atoms with Gasteiger partial charge in [0.2, 0.25) is 0 Å². The summed E-state index contributed by atoms with van der Waals surface area (Å²) < 4.78 is 19.0. The smallest absolute Gasteiger partial charge is 0.341 e. The molecule has 1 aliphatic carbocycles. The van der Waals surface area contributed by atoms with Gasteiger partial charge in [-0.15, -0.1) is 0 Å². The van der Waals surface area contributed by atoms with E-state index in [1.165, 1.54) is 13.2 Å². The topological polar surface area (TPSA) is 26.3 Å². The largest absolute Gasteiger partial charge is 0.465 e. The van der Waals surface area contributed by atoms with Crippen LogP contribution in [0.3, 0.4) is 0 Å². The van der Waals surface area contributed by atoms with Crippen molar-refractivity contribution in [2.75, 3.05) is 7.11 Å². The highest BCUT2D eigenvalue weighted by Gasteiger charge is 2.25. The minimum atomic E-state index is -0.585. The zero-order valence-electron chi connectivity index (χ0n) is 8.27. The minimum absolute atomic E-state index is 0.105. The van der Waals surface area contributed by atoms with Gasteiger partial charge in [0, 0.05) is 4.47 Å². The van der Waals surface area contributed by atoms with E-state index in [0.717, 1.165) is 34.9 Å². The number of hydrogen-bond donors (Lipinski definition) is 0. The van der Waals surface area contributed by atoms with Gasteiger partial charge in [0.05, 0.1) is 12.7 Å². The molecule has 15 heavy (non-hydrogen) atoms. The highest BCUT2D eigenvalue weighted by molar-refractivity contribution is 9.10. The van der Waals surface area contributed by atoms with Gasteiger partial charge < -0.3 is 4.74 Å². The first-order valence-corrected chi connectivity index (χ1v) is 5.52. The molecule has 1 aromatic carbocycles. The third-order valence-electron chi connectivity index (χ3n) is 2.69. The molecular weight excluding hydrogens is 263 g/mol. The van der Waals surface area contributed by atoms with Crippen LogP contribution in [0.4, 0.5) is 4.39 Å². The molecule has 0 saturated carbocycles. The number of halogens is 2. The highest BCUT2D eigenvalue weighted by atomic mass is 79.9. The van der Waals surface area contributed by atoms with Crippen molar-refractivity contribution >= 4 is 21.9 Å². The van der Waals surface area contributed by atoms with Gasteiger partial charge in [-0.3, -0.25) is 0 Å². The lowest BCUT2D eigenvalue weighted by Crippen LogP contribution is -2.09. The van der Waals surface area contributed by atoms with Crippen molar-refractivity contribution in [2.45, 2.75) is 19.3 Å². The number of rotatable bonds is 1. The molecule has 0 radical (unpaired) electrons. The molecule has 2 rings (SSSR count). The fourth-order valence-electron chi connectivity index (χ4n) is 2.02. The van der Waals surface area contributed by atoms with Crippen molar-refractivity contribution < 1.29 is 13.9 Å². The predicted molar refractivity (Wildman–Crippen MR) is 57.5 cm³/mol. The molecule has 0 N–H and O–H groups in total. The average Bonchev–Trinajstić information content (AvgIpc) is 2.66. The molecule has 2 nitrogen and oxygen atoms in total. The van der Waals surface area contributed by atoms with Gasteiger partial charge in [-0.2, -0.15) is 0 Å². The maximum Gasteiger partial charge on any atom is 0.341 e. The summed E-state index contributed by atoms with van der Waals surface area (Å²) in [4.78, 5) is 11.4. The molecule has 80 valence electrons. The van der Waals surface area contributed by atoms with Crippen LogP contribution < -0.4 is 0 Å². The Balaban J connectivity index is 2.64. The van der Waals surface area contributed by atoms with E-state index < -0.39 is 11.8 Å². The Morgan fingerprint density at radius 1 is 1.47 bits per heavy atom. The Bertz CT molecular complexity index is 429. The zero-order chi connectivity index (χ0) is 11.0. The van der Waals surface area contributed by atoms with Crippen LogP contribution in [-0.2, 0) is 17.6 Å². The van der Waals surface area contributed by atoms with E-state index in [4.69, 9.17) is 0 Å². The molecule has 0 amide bonds. The number of esters is 1. The Kier molecular flexibility index (Phi) is 2.78. The Morgan fingerprint density at radius 2 is 2.13 bits per heavy atom. The van der Waals surface area contributed by atoms with Gasteiger partial charge >= 0.3 is 5.97 Å². The lowest BCUT2D eigenvalue weighted by atomic mass is 10.0. The molecule has 0 unspecified atom stereocenters. The summed E-state index contributed by atoms with van der Waals surface area (Å²) in [5.41, 5.74) is 1.94. The molecule has 0 saturated heterocycles. The van der Waals surface area contributed by atoms with E-state index in [1.807, 2.05) is 0 Å². The second-order valence-electron chi connectivity index (χ2n) is 3.52. The number of benzene rings is 1. The average molecular weight is 273 g/mol. The maximum atomic E-state index is 13.6. The standard InChI is InChI=1S/C11H10BrFO2/c1-15-11(14)10-7-4-2-3-6(7)8(12)5-9(10)13/h5H,2-4H2,1H3. The van der Waals surface area contributed by atoms with Gasteiger partial charge in [0.25, 0.3) is 0 Å². The lowest BCUT2D eigenvalue weighted by Gasteiger charge is -2.09. The molecule has 0 aromatic heterocycles. The number of ether oxygens (including phenoxy) is 1. The minimum Gasteiger partial charge on any atom is -0.465 e. The summed E-state index contributed by atoms with van der Waals surface area (Å²) in [6.45, 7) is 0. The summed E-state index contributed by atoms with van der Waals surface area (Å²) in [5, 5.41) is 0. The van der Waals surface area contributed by atoms with Gasteiger partial charge in [-0.25, -0.2) is 9.18 Å². The molecule has 1 aromatic rings. The number of methoxy groups -OCH3 is 1. The summed E-state index contributed by atoms with van der Waals surface area (Å²) >= 11 is 3.31. The Hall–Kier alpha value is -0.900. The fraction of sp³-hybridized carbons (Fsp3) is 0.364. The number of hydrogen-bond acceptors (Lipinski definition) is 2. The number of carbonyl (C=O) groups is 1. The fourth-order valence-corrected chi connectivity index (χ4v) is 2.66. The monoisotopic (exact) mass is 272 g/mol. The predicted octanol–water partition coefficient (Wildman–Crippen LogP) is 2.86. The van der Waals surface area contributed by atoms with Crippen molar-refractivity contribution in [1.29, 1.82) is 0 Å². The first kappa shape index (κ1) is 10.6. The highest BCUT2D eigenvalue weighted by Crippen LogP contribution is 2.33. The van der Waals surface area contributed by atoms with Crippen molar-refractivity contribution in [3.8, 4) is 0 Å². The molecule has 0 spiro atoms. The number of fused-ring (bicyclic) bond motifs is 1. The number of carbonyl (C=O) groups excluding carboxylic acids is 1. The second-order valence-corrected chi connectivity index (χ2v) is 4.37. The van der Waals surface area contributed by atoms with E-state index in [1.54, 1.807) is 0 Å². The second kappa shape index (κ2) is 3.93. The van der Waals surface area contributed by atoms with Crippen LogP contribution in [0.15, 0.2) is 10.5 Å². The van der Waals surface area contributed by atoms with Crippen molar-refractivity contribution in [1.82, 2.24) is 0 Å². The normalized spacial score (nSPS) is 13.8. The first-order chi connectivity index (χ1) is 7.15.